The van der Waals surface area contributed by atoms with E-state index in [0.717, 1.165) is 17.3 Å². The van der Waals surface area contributed by atoms with Gasteiger partial charge in [-0.1, -0.05) is 20.3 Å². The smallest absolute Gasteiger partial charge is 0.110 e. The Balaban J connectivity index is 2.18. The van der Waals surface area contributed by atoms with Gasteiger partial charge in [0.15, 0.2) is 0 Å². The highest BCUT2D eigenvalue weighted by Gasteiger charge is 2.22. The van der Waals surface area contributed by atoms with Crippen LogP contribution < -0.4 is 5.73 Å². The van der Waals surface area contributed by atoms with Crippen LogP contribution >= 0.6 is 11.3 Å². The number of hydrogen-bond acceptors (Lipinski definition) is 3. The van der Waals surface area contributed by atoms with Crippen molar-refractivity contribution in [3.63, 3.8) is 0 Å². The minimum absolute atomic E-state index is 0.153. The molecule has 0 bridgehead atoms. The van der Waals surface area contributed by atoms with Crippen LogP contribution in [0.2, 0.25) is 0 Å². The van der Waals surface area contributed by atoms with Gasteiger partial charge in [0.1, 0.15) is 5.01 Å². The van der Waals surface area contributed by atoms with Gasteiger partial charge in [-0.25, -0.2) is 4.98 Å². The molecule has 0 fully saturated rings. The van der Waals surface area contributed by atoms with Crippen molar-refractivity contribution in [2.75, 3.05) is 0 Å². The first-order valence-electron chi connectivity index (χ1n) is 5.98. The molecule has 1 aliphatic rings. The maximum atomic E-state index is 6.02. The topological polar surface area (TPSA) is 38.9 Å². The lowest BCUT2D eigenvalue weighted by Gasteiger charge is -2.18. The van der Waals surface area contributed by atoms with Gasteiger partial charge in [-0.2, -0.15) is 0 Å². The number of nitrogens with two attached hydrogens (primary N) is 1. The Hall–Kier alpha value is -0.410. The number of rotatable bonds is 3. The zero-order chi connectivity index (χ0) is 10.8. The van der Waals surface area contributed by atoms with Crippen molar-refractivity contribution in [1.82, 2.24) is 4.98 Å². The van der Waals surface area contributed by atoms with E-state index in [1.54, 1.807) is 0 Å². The lowest BCUT2D eigenvalue weighted by molar-refractivity contribution is 0.445. The average Bonchev–Trinajstić information content (AvgIpc) is 2.70. The van der Waals surface area contributed by atoms with Crippen molar-refractivity contribution in [3.8, 4) is 0 Å². The summed E-state index contributed by atoms with van der Waals surface area (Å²) < 4.78 is 0. The molecule has 1 aliphatic carbocycles. The molecule has 0 amide bonds. The summed E-state index contributed by atoms with van der Waals surface area (Å²) in [5.74, 6) is 0.878. The molecular formula is C12H20N2S. The summed E-state index contributed by atoms with van der Waals surface area (Å²) >= 11 is 1.85. The van der Waals surface area contributed by atoms with Crippen molar-refractivity contribution >= 4 is 11.3 Å². The molecule has 2 atom stereocenters. The molecule has 2 rings (SSSR count). The van der Waals surface area contributed by atoms with E-state index in [-0.39, 0.29) is 6.04 Å². The van der Waals surface area contributed by atoms with Gasteiger partial charge in [0, 0.05) is 4.88 Å². The van der Waals surface area contributed by atoms with Crippen LogP contribution in [-0.2, 0) is 12.8 Å². The fourth-order valence-corrected chi connectivity index (χ4v) is 3.46. The van der Waals surface area contributed by atoms with Gasteiger partial charge in [-0.3, -0.25) is 0 Å². The lowest BCUT2D eigenvalue weighted by Crippen LogP contribution is -2.12. The van der Waals surface area contributed by atoms with Crippen LogP contribution in [-0.4, -0.2) is 4.98 Å². The summed E-state index contributed by atoms with van der Waals surface area (Å²) in [7, 11) is 0. The second-order valence-corrected chi connectivity index (χ2v) is 5.57. The van der Waals surface area contributed by atoms with Crippen molar-refractivity contribution in [1.29, 1.82) is 0 Å². The molecule has 2 N–H and O–H groups in total. The number of aromatic nitrogens is 1. The SMILES string of the molecule is CCC1CCc2nc(C(N)CC)sc2C1. The third kappa shape index (κ3) is 2.23. The predicted molar refractivity (Wildman–Crippen MR) is 65.1 cm³/mol. The molecule has 84 valence electrons. The van der Waals surface area contributed by atoms with E-state index in [9.17, 15) is 0 Å². The number of fused-ring (bicyclic) bond motifs is 1. The van der Waals surface area contributed by atoms with Crippen LogP contribution in [0.25, 0.3) is 0 Å². The molecule has 0 radical (unpaired) electrons. The second kappa shape index (κ2) is 4.62. The molecule has 0 spiro atoms. The molecule has 0 saturated heterocycles. The third-order valence-electron chi connectivity index (χ3n) is 3.39. The third-order valence-corrected chi connectivity index (χ3v) is 4.64. The van der Waals surface area contributed by atoms with E-state index in [1.165, 1.54) is 36.3 Å². The van der Waals surface area contributed by atoms with E-state index < -0.39 is 0 Å². The van der Waals surface area contributed by atoms with Crippen LogP contribution in [0.1, 0.15) is 54.7 Å². The Bertz CT molecular complexity index is 332. The molecule has 1 heterocycles. The van der Waals surface area contributed by atoms with E-state index in [1.807, 2.05) is 11.3 Å². The predicted octanol–water partition coefficient (Wildman–Crippen LogP) is 3.07. The zero-order valence-corrected chi connectivity index (χ0v) is 10.4. The molecule has 0 aliphatic heterocycles. The highest BCUT2D eigenvalue weighted by atomic mass is 32.1. The quantitative estimate of drug-likeness (QED) is 0.857. The minimum atomic E-state index is 0.153. The fraction of sp³-hybridized carbons (Fsp3) is 0.750. The Morgan fingerprint density at radius 1 is 1.53 bits per heavy atom. The first kappa shape index (κ1) is 11.1. The van der Waals surface area contributed by atoms with Crippen molar-refractivity contribution in [2.45, 2.75) is 52.0 Å². The van der Waals surface area contributed by atoms with Gasteiger partial charge in [-0.15, -0.1) is 11.3 Å². The van der Waals surface area contributed by atoms with E-state index in [0.29, 0.717) is 0 Å². The maximum absolute atomic E-state index is 6.02. The largest absolute Gasteiger partial charge is 0.322 e. The highest BCUT2D eigenvalue weighted by Crippen LogP contribution is 2.33. The summed E-state index contributed by atoms with van der Waals surface area (Å²) in [4.78, 5) is 6.19. The fourth-order valence-electron chi connectivity index (χ4n) is 2.14. The molecule has 2 nitrogen and oxygen atoms in total. The Labute approximate surface area is 95.9 Å². The van der Waals surface area contributed by atoms with Gasteiger partial charge in [-0.05, 0) is 31.6 Å². The van der Waals surface area contributed by atoms with E-state index in [4.69, 9.17) is 5.73 Å². The van der Waals surface area contributed by atoms with Gasteiger partial charge >= 0.3 is 0 Å². The Morgan fingerprint density at radius 3 is 3.00 bits per heavy atom. The Morgan fingerprint density at radius 2 is 2.33 bits per heavy atom. The van der Waals surface area contributed by atoms with Crippen molar-refractivity contribution in [3.05, 3.63) is 15.6 Å². The maximum Gasteiger partial charge on any atom is 0.110 e. The van der Waals surface area contributed by atoms with Gasteiger partial charge in [0.2, 0.25) is 0 Å². The van der Waals surface area contributed by atoms with Crippen molar-refractivity contribution in [2.24, 2.45) is 11.7 Å². The van der Waals surface area contributed by atoms with Gasteiger partial charge < -0.3 is 5.73 Å². The number of thiazole rings is 1. The van der Waals surface area contributed by atoms with Crippen molar-refractivity contribution < 1.29 is 0 Å². The molecule has 1 aromatic heterocycles. The standard InChI is InChI=1S/C12H20N2S/c1-3-8-5-6-10-11(7-8)15-12(14-10)9(13)4-2/h8-9H,3-7,13H2,1-2H3. The number of hydrogen-bond donors (Lipinski definition) is 1. The zero-order valence-electron chi connectivity index (χ0n) is 9.62. The summed E-state index contributed by atoms with van der Waals surface area (Å²) in [5.41, 5.74) is 7.36. The summed E-state index contributed by atoms with van der Waals surface area (Å²) in [6.45, 7) is 4.41. The molecule has 3 heteroatoms. The lowest BCUT2D eigenvalue weighted by atomic mass is 9.89. The van der Waals surface area contributed by atoms with Crippen LogP contribution in [0, 0.1) is 5.92 Å². The second-order valence-electron chi connectivity index (χ2n) is 4.45. The summed E-state index contributed by atoms with van der Waals surface area (Å²) in [5, 5.41) is 1.15. The summed E-state index contributed by atoms with van der Waals surface area (Å²) in [6, 6.07) is 0.153. The molecule has 0 saturated carbocycles. The molecular weight excluding hydrogens is 204 g/mol. The van der Waals surface area contributed by atoms with Crippen LogP contribution in [0.4, 0.5) is 0 Å². The minimum Gasteiger partial charge on any atom is -0.322 e. The summed E-state index contributed by atoms with van der Waals surface area (Å²) in [6.07, 6.45) is 6.00. The van der Waals surface area contributed by atoms with Crippen LogP contribution in [0.5, 0.6) is 0 Å². The van der Waals surface area contributed by atoms with Crippen LogP contribution in [0.3, 0.4) is 0 Å². The highest BCUT2D eigenvalue weighted by molar-refractivity contribution is 7.11. The van der Waals surface area contributed by atoms with Gasteiger partial charge in [0.25, 0.3) is 0 Å². The normalized spacial score (nSPS) is 22.5. The Kier molecular flexibility index (Phi) is 3.42. The molecule has 15 heavy (non-hydrogen) atoms. The van der Waals surface area contributed by atoms with E-state index in [2.05, 4.69) is 18.8 Å². The monoisotopic (exact) mass is 224 g/mol. The van der Waals surface area contributed by atoms with Crippen LogP contribution in [0.15, 0.2) is 0 Å². The number of aryl methyl sites for hydroxylation is 1. The molecule has 2 unspecified atom stereocenters. The van der Waals surface area contributed by atoms with Gasteiger partial charge in [0.05, 0.1) is 11.7 Å². The molecule has 1 aromatic rings. The molecule has 0 aromatic carbocycles. The first-order chi connectivity index (χ1) is 7.24. The number of nitrogens with zero attached hydrogens (tertiary/aromatic N) is 1. The first-order valence-corrected chi connectivity index (χ1v) is 6.80. The average molecular weight is 224 g/mol. The van der Waals surface area contributed by atoms with E-state index >= 15 is 0 Å².